The molecule has 0 saturated carbocycles. The molecular weight excluding hydrogens is 268 g/mol. The minimum Gasteiger partial charge on any atom is -0.339 e. The summed E-state index contributed by atoms with van der Waals surface area (Å²) in [5.41, 5.74) is 2.48. The van der Waals surface area contributed by atoms with Crippen molar-refractivity contribution < 1.29 is 4.79 Å². The highest BCUT2D eigenvalue weighted by atomic mass is 32.2. The number of amides is 1. The van der Waals surface area contributed by atoms with E-state index in [1.807, 2.05) is 22.7 Å². The molecule has 1 aromatic carbocycles. The first kappa shape index (κ1) is 14.0. The summed E-state index contributed by atoms with van der Waals surface area (Å²) in [6, 6.07) is 8.17. The van der Waals surface area contributed by atoms with Gasteiger partial charge in [-0.3, -0.25) is 4.79 Å². The molecule has 1 aromatic rings. The number of thioether (sulfide) groups is 1. The molecule has 2 heterocycles. The second-order valence-electron chi connectivity index (χ2n) is 6.20. The van der Waals surface area contributed by atoms with Gasteiger partial charge in [0.05, 0.1) is 0 Å². The van der Waals surface area contributed by atoms with Crippen molar-refractivity contribution in [3.8, 4) is 0 Å². The van der Waals surface area contributed by atoms with Gasteiger partial charge in [-0.05, 0) is 31.4 Å². The molecule has 1 unspecified atom stereocenters. The molecule has 1 N–H and O–H groups in total. The number of benzene rings is 1. The van der Waals surface area contributed by atoms with Crippen molar-refractivity contribution in [1.82, 2.24) is 10.2 Å². The lowest BCUT2D eigenvalue weighted by Crippen LogP contribution is -2.51. The van der Waals surface area contributed by atoms with Gasteiger partial charge in [0.15, 0.2) is 0 Å². The number of carbonyl (C=O) groups is 1. The van der Waals surface area contributed by atoms with Gasteiger partial charge < -0.3 is 10.2 Å². The average molecular weight is 290 g/mol. The zero-order valence-corrected chi connectivity index (χ0v) is 13.0. The first-order valence-corrected chi connectivity index (χ1v) is 8.29. The van der Waals surface area contributed by atoms with Crippen LogP contribution in [0.15, 0.2) is 24.3 Å². The Bertz CT molecular complexity index is 515. The van der Waals surface area contributed by atoms with Gasteiger partial charge >= 0.3 is 0 Å². The van der Waals surface area contributed by atoms with Crippen LogP contribution in [-0.2, 0) is 11.2 Å². The van der Waals surface area contributed by atoms with Crippen molar-refractivity contribution in [3.05, 3.63) is 35.4 Å². The molecule has 1 saturated heterocycles. The third-order valence-electron chi connectivity index (χ3n) is 4.09. The standard InChI is InChI=1S/C16H22N2OS/c1-16(2)11-18(9-10-20-16)15(19)14-13-6-4-3-5-12(13)7-8-17-14/h3-6,14,17H,7-11H2,1-2H3. The Kier molecular flexibility index (Phi) is 3.78. The molecule has 0 spiro atoms. The number of rotatable bonds is 1. The molecule has 1 atom stereocenters. The van der Waals surface area contributed by atoms with E-state index < -0.39 is 0 Å². The third-order valence-corrected chi connectivity index (χ3v) is 5.39. The zero-order valence-electron chi connectivity index (χ0n) is 12.2. The Balaban J connectivity index is 1.81. The molecule has 1 amide bonds. The molecule has 0 bridgehead atoms. The van der Waals surface area contributed by atoms with E-state index in [-0.39, 0.29) is 16.7 Å². The van der Waals surface area contributed by atoms with Crippen LogP contribution in [0.25, 0.3) is 0 Å². The van der Waals surface area contributed by atoms with E-state index in [2.05, 4.69) is 37.4 Å². The molecule has 4 heteroatoms. The van der Waals surface area contributed by atoms with Crippen LogP contribution >= 0.6 is 11.8 Å². The van der Waals surface area contributed by atoms with E-state index in [1.54, 1.807) is 0 Å². The van der Waals surface area contributed by atoms with Crippen LogP contribution in [0.1, 0.15) is 31.0 Å². The Morgan fingerprint density at radius 1 is 1.40 bits per heavy atom. The van der Waals surface area contributed by atoms with Gasteiger partial charge in [-0.2, -0.15) is 11.8 Å². The molecule has 0 aromatic heterocycles. The summed E-state index contributed by atoms with van der Waals surface area (Å²) < 4.78 is 0.169. The maximum atomic E-state index is 12.9. The van der Waals surface area contributed by atoms with Gasteiger partial charge in [0.1, 0.15) is 6.04 Å². The molecular formula is C16H22N2OS. The maximum absolute atomic E-state index is 12.9. The van der Waals surface area contributed by atoms with Crippen LogP contribution in [0.3, 0.4) is 0 Å². The second kappa shape index (κ2) is 5.41. The van der Waals surface area contributed by atoms with Crippen LogP contribution in [0.4, 0.5) is 0 Å². The quantitative estimate of drug-likeness (QED) is 0.861. The Morgan fingerprint density at radius 2 is 2.20 bits per heavy atom. The van der Waals surface area contributed by atoms with Gasteiger partial charge in [-0.1, -0.05) is 24.3 Å². The summed E-state index contributed by atoms with van der Waals surface area (Å²) in [4.78, 5) is 14.9. The highest BCUT2D eigenvalue weighted by Crippen LogP contribution is 2.32. The summed E-state index contributed by atoms with van der Waals surface area (Å²) in [6.45, 7) is 7.04. The first-order valence-electron chi connectivity index (χ1n) is 7.31. The topological polar surface area (TPSA) is 32.3 Å². The van der Waals surface area contributed by atoms with Crippen LogP contribution < -0.4 is 5.32 Å². The average Bonchev–Trinajstić information content (AvgIpc) is 2.45. The summed E-state index contributed by atoms with van der Waals surface area (Å²) >= 11 is 1.96. The fourth-order valence-electron chi connectivity index (χ4n) is 3.11. The highest BCUT2D eigenvalue weighted by molar-refractivity contribution is 8.00. The van der Waals surface area contributed by atoms with E-state index in [1.165, 1.54) is 11.1 Å². The van der Waals surface area contributed by atoms with Gasteiger partial charge in [-0.25, -0.2) is 0 Å². The van der Waals surface area contributed by atoms with Crippen LogP contribution in [-0.4, -0.2) is 40.9 Å². The number of hydrogen-bond donors (Lipinski definition) is 1. The Hall–Kier alpha value is -1.00. The normalized spacial score (nSPS) is 25.1. The highest BCUT2D eigenvalue weighted by Gasteiger charge is 2.35. The summed E-state index contributed by atoms with van der Waals surface area (Å²) in [7, 11) is 0. The van der Waals surface area contributed by atoms with Crippen molar-refractivity contribution in [3.63, 3.8) is 0 Å². The van der Waals surface area contributed by atoms with E-state index in [0.717, 1.165) is 31.8 Å². The summed E-state index contributed by atoms with van der Waals surface area (Å²) in [6.07, 6.45) is 1.02. The Morgan fingerprint density at radius 3 is 3.00 bits per heavy atom. The zero-order chi connectivity index (χ0) is 14.2. The predicted molar refractivity (Wildman–Crippen MR) is 84.0 cm³/mol. The van der Waals surface area contributed by atoms with E-state index >= 15 is 0 Å². The van der Waals surface area contributed by atoms with Crippen molar-refractivity contribution in [1.29, 1.82) is 0 Å². The van der Waals surface area contributed by atoms with E-state index in [9.17, 15) is 4.79 Å². The fraction of sp³-hybridized carbons (Fsp3) is 0.562. The molecule has 2 aliphatic rings. The van der Waals surface area contributed by atoms with Gasteiger partial charge in [-0.15, -0.1) is 0 Å². The van der Waals surface area contributed by atoms with E-state index in [0.29, 0.717) is 0 Å². The lowest BCUT2D eigenvalue weighted by Gasteiger charge is -2.40. The molecule has 3 nitrogen and oxygen atoms in total. The SMILES string of the molecule is CC1(C)CN(C(=O)C2NCCc3ccccc32)CCS1. The molecule has 2 aliphatic heterocycles. The number of nitrogens with one attached hydrogen (secondary N) is 1. The van der Waals surface area contributed by atoms with E-state index in [4.69, 9.17) is 0 Å². The molecule has 0 aliphatic carbocycles. The number of fused-ring (bicyclic) bond motifs is 1. The summed E-state index contributed by atoms with van der Waals surface area (Å²) in [5, 5.41) is 3.40. The molecule has 3 rings (SSSR count). The van der Waals surface area contributed by atoms with Crippen LogP contribution in [0, 0.1) is 0 Å². The minimum absolute atomic E-state index is 0.154. The smallest absolute Gasteiger partial charge is 0.244 e. The maximum Gasteiger partial charge on any atom is 0.244 e. The Labute approximate surface area is 125 Å². The third kappa shape index (κ3) is 2.72. The van der Waals surface area contributed by atoms with Crippen LogP contribution in [0.5, 0.6) is 0 Å². The monoisotopic (exact) mass is 290 g/mol. The molecule has 20 heavy (non-hydrogen) atoms. The summed E-state index contributed by atoms with van der Waals surface area (Å²) in [5.74, 6) is 1.28. The van der Waals surface area contributed by atoms with Gasteiger partial charge in [0.2, 0.25) is 5.91 Å². The van der Waals surface area contributed by atoms with Crippen molar-refractivity contribution in [2.24, 2.45) is 0 Å². The number of hydrogen-bond acceptors (Lipinski definition) is 3. The van der Waals surface area contributed by atoms with Crippen LogP contribution in [0.2, 0.25) is 0 Å². The lowest BCUT2D eigenvalue weighted by atomic mass is 9.93. The first-order chi connectivity index (χ1) is 9.57. The van der Waals surface area contributed by atoms with Gasteiger partial charge in [0.25, 0.3) is 0 Å². The minimum atomic E-state index is -0.154. The molecule has 0 radical (unpaired) electrons. The predicted octanol–water partition coefficient (Wildman–Crippen LogP) is 2.23. The fourth-order valence-corrected chi connectivity index (χ4v) is 4.22. The van der Waals surface area contributed by atoms with Crippen molar-refractivity contribution in [2.75, 3.05) is 25.4 Å². The second-order valence-corrected chi connectivity index (χ2v) is 8.01. The van der Waals surface area contributed by atoms with Crippen molar-refractivity contribution >= 4 is 17.7 Å². The molecule has 108 valence electrons. The lowest BCUT2D eigenvalue weighted by molar-refractivity contribution is -0.134. The van der Waals surface area contributed by atoms with Crippen molar-refractivity contribution in [2.45, 2.75) is 31.1 Å². The van der Waals surface area contributed by atoms with Gasteiger partial charge in [0, 0.05) is 30.1 Å². The number of carbonyl (C=O) groups excluding carboxylic acids is 1. The molecule has 1 fully saturated rings. The largest absolute Gasteiger partial charge is 0.339 e. The number of nitrogens with zero attached hydrogens (tertiary/aromatic N) is 1.